The van der Waals surface area contributed by atoms with E-state index in [9.17, 15) is 4.79 Å². The molecule has 0 bridgehead atoms. The number of ether oxygens (including phenoxy) is 2. The summed E-state index contributed by atoms with van der Waals surface area (Å²) in [6.07, 6.45) is 3.90. The van der Waals surface area contributed by atoms with E-state index in [4.69, 9.17) is 9.47 Å². The van der Waals surface area contributed by atoms with Crippen molar-refractivity contribution in [2.24, 2.45) is 0 Å². The summed E-state index contributed by atoms with van der Waals surface area (Å²) in [6.45, 7) is 15.2. The molecule has 0 radical (unpaired) electrons. The predicted molar refractivity (Wildman–Crippen MR) is 93.8 cm³/mol. The number of rotatable bonds is 7. The number of carbonyl (C=O) groups is 1. The molecule has 1 fully saturated rings. The van der Waals surface area contributed by atoms with E-state index in [1.807, 2.05) is 27.7 Å². The molecule has 0 aromatic carbocycles. The lowest BCUT2D eigenvalue weighted by molar-refractivity contribution is -0.0778. The van der Waals surface area contributed by atoms with Crippen molar-refractivity contribution in [1.82, 2.24) is 10.2 Å². The minimum Gasteiger partial charge on any atom is -0.444 e. The Morgan fingerprint density at radius 3 is 2.65 bits per heavy atom. The summed E-state index contributed by atoms with van der Waals surface area (Å²) in [5.74, 6) is 0. The Morgan fingerprint density at radius 2 is 2.09 bits per heavy atom. The first-order valence-corrected chi connectivity index (χ1v) is 9.04. The van der Waals surface area contributed by atoms with Crippen molar-refractivity contribution in [2.75, 3.05) is 26.2 Å². The number of nitrogens with one attached hydrogen (secondary N) is 1. The molecule has 5 heteroatoms. The van der Waals surface area contributed by atoms with Crippen LogP contribution < -0.4 is 5.32 Å². The second-order valence-electron chi connectivity index (χ2n) is 7.71. The molecule has 1 heterocycles. The molecule has 23 heavy (non-hydrogen) atoms. The Bertz CT molecular complexity index is 368. The van der Waals surface area contributed by atoms with Gasteiger partial charge in [0.25, 0.3) is 0 Å². The van der Waals surface area contributed by atoms with Crippen LogP contribution in [-0.2, 0) is 9.47 Å². The van der Waals surface area contributed by atoms with Gasteiger partial charge < -0.3 is 19.7 Å². The second kappa shape index (κ2) is 8.88. The van der Waals surface area contributed by atoms with Crippen LogP contribution >= 0.6 is 0 Å². The molecule has 1 aliphatic rings. The molecule has 2 unspecified atom stereocenters. The van der Waals surface area contributed by atoms with Crippen LogP contribution in [0.25, 0.3) is 0 Å². The van der Waals surface area contributed by atoms with Crippen LogP contribution in [0.3, 0.4) is 0 Å². The monoisotopic (exact) mass is 328 g/mol. The van der Waals surface area contributed by atoms with E-state index in [-0.39, 0.29) is 11.7 Å². The minimum atomic E-state index is -0.435. The van der Waals surface area contributed by atoms with Crippen LogP contribution in [0.5, 0.6) is 0 Å². The van der Waals surface area contributed by atoms with Crippen molar-refractivity contribution in [3.8, 4) is 0 Å². The van der Waals surface area contributed by atoms with Gasteiger partial charge in [0.15, 0.2) is 0 Å². The molecule has 0 saturated carbocycles. The first-order chi connectivity index (χ1) is 10.7. The molecule has 1 amide bonds. The molecule has 0 spiro atoms. The summed E-state index contributed by atoms with van der Waals surface area (Å²) >= 11 is 0. The van der Waals surface area contributed by atoms with E-state index in [0.717, 1.165) is 45.4 Å². The maximum Gasteiger partial charge on any atom is 0.410 e. The average Bonchev–Trinajstić information content (AvgIpc) is 2.45. The molecule has 2 atom stereocenters. The smallest absolute Gasteiger partial charge is 0.410 e. The van der Waals surface area contributed by atoms with Crippen molar-refractivity contribution in [3.63, 3.8) is 0 Å². The largest absolute Gasteiger partial charge is 0.444 e. The predicted octanol–water partition coefficient (Wildman–Crippen LogP) is 3.57. The normalized spacial score (nSPS) is 25.2. The third-order valence-electron chi connectivity index (χ3n) is 4.41. The quantitative estimate of drug-likeness (QED) is 0.726. The number of amides is 1. The first kappa shape index (κ1) is 20.2. The molecule has 0 aliphatic carbocycles. The maximum atomic E-state index is 12.1. The average molecular weight is 328 g/mol. The van der Waals surface area contributed by atoms with Gasteiger partial charge in [-0.2, -0.15) is 0 Å². The van der Waals surface area contributed by atoms with E-state index in [0.29, 0.717) is 12.6 Å². The van der Waals surface area contributed by atoms with Gasteiger partial charge in [-0.05, 0) is 66.8 Å². The topological polar surface area (TPSA) is 50.8 Å². The standard InChI is InChI=1S/C18H36N2O3/c1-7-18(6)14-15(10-13-22-18)19-11-9-12-20(8-2)16(21)23-17(3,4)5/h15,19H,7-14H2,1-6H3. The van der Waals surface area contributed by atoms with Crippen molar-refractivity contribution >= 4 is 6.09 Å². The van der Waals surface area contributed by atoms with Crippen LogP contribution in [0.2, 0.25) is 0 Å². The summed E-state index contributed by atoms with van der Waals surface area (Å²) in [4.78, 5) is 13.8. The van der Waals surface area contributed by atoms with Gasteiger partial charge >= 0.3 is 6.09 Å². The molecular formula is C18H36N2O3. The molecule has 136 valence electrons. The Labute approximate surface area is 142 Å². The summed E-state index contributed by atoms with van der Waals surface area (Å²) in [7, 11) is 0. The van der Waals surface area contributed by atoms with E-state index in [1.165, 1.54) is 0 Å². The molecule has 1 saturated heterocycles. The SMILES string of the molecule is CCN(CCCNC1CCOC(C)(CC)C1)C(=O)OC(C)(C)C. The van der Waals surface area contributed by atoms with Crippen LogP contribution in [-0.4, -0.2) is 54.5 Å². The fraction of sp³-hybridized carbons (Fsp3) is 0.944. The van der Waals surface area contributed by atoms with E-state index in [2.05, 4.69) is 19.2 Å². The highest BCUT2D eigenvalue weighted by Crippen LogP contribution is 2.27. The zero-order valence-electron chi connectivity index (χ0n) is 15.9. The van der Waals surface area contributed by atoms with Gasteiger partial charge in [0, 0.05) is 25.7 Å². The molecule has 1 aliphatic heterocycles. The Morgan fingerprint density at radius 1 is 1.39 bits per heavy atom. The lowest BCUT2D eigenvalue weighted by Gasteiger charge is -2.38. The zero-order valence-corrected chi connectivity index (χ0v) is 15.9. The zero-order chi connectivity index (χ0) is 17.5. The van der Waals surface area contributed by atoms with E-state index < -0.39 is 5.60 Å². The summed E-state index contributed by atoms with van der Waals surface area (Å²) in [6, 6.07) is 0.519. The third-order valence-corrected chi connectivity index (χ3v) is 4.41. The molecule has 5 nitrogen and oxygen atoms in total. The summed E-state index contributed by atoms with van der Waals surface area (Å²) < 4.78 is 11.3. The van der Waals surface area contributed by atoms with E-state index in [1.54, 1.807) is 4.90 Å². The van der Waals surface area contributed by atoms with Gasteiger partial charge in [0.1, 0.15) is 5.60 Å². The molecule has 0 aromatic rings. The molecule has 1 rings (SSSR count). The molecule has 1 N–H and O–H groups in total. The van der Waals surface area contributed by atoms with Crippen molar-refractivity contribution in [1.29, 1.82) is 0 Å². The van der Waals surface area contributed by atoms with E-state index >= 15 is 0 Å². The van der Waals surface area contributed by atoms with Crippen LogP contribution in [0, 0.1) is 0 Å². The number of nitrogens with zero attached hydrogens (tertiary/aromatic N) is 1. The summed E-state index contributed by atoms with van der Waals surface area (Å²) in [5.41, 5.74) is -0.419. The minimum absolute atomic E-state index is 0.0158. The molecule has 0 aromatic heterocycles. The number of carbonyl (C=O) groups excluding carboxylic acids is 1. The highest BCUT2D eigenvalue weighted by molar-refractivity contribution is 5.68. The van der Waals surface area contributed by atoms with Gasteiger partial charge in [-0.3, -0.25) is 0 Å². The molecular weight excluding hydrogens is 292 g/mol. The lowest BCUT2D eigenvalue weighted by Crippen LogP contribution is -2.45. The Hall–Kier alpha value is -0.810. The van der Waals surface area contributed by atoms with Crippen LogP contribution in [0.4, 0.5) is 4.79 Å². The number of hydrogen-bond acceptors (Lipinski definition) is 4. The third kappa shape index (κ3) is 7.53. The fourth-order valence-electron chi connectivity index (χ4n) is 2.83. The van der Waals surface area contributed by atoms with Crippen LogP contribution in [0.15, 0.2) is 0 Å². The Kier molecular flexibility index (Phi) is 7.81. The van der Waals surface area contributed by atoms with Gasteiger partial charge in [0.05, 0.1) is 5.60 Å². The number of hydrogen-bond donors (Lipinski definition) is 1. The highest BCUT2D eigenvalue weighted by atomic mass is 16.6. The lowest BCUT2D eigenvalue weighted by atomic mass is 9.90. The maximum absolute atomic E-state index is 12.1. The van der Waals surface area contributed by atoms with Gasteiger partial charge in [-0.25, -0.2) is 4.79 Å². The second-order valence-corrected chi connectivity index (χ2v) is 7.71. The first-order valence-electron chi connectivity index (χ1n) is 9.04. The fourth-order valence-corrected chi connectivity index (χ4v) is 2.83. The van der Waals surface area contributed by atoms with Crippen LogP contribution in [0.1, 0.15) is 67.2 Å². The summed E-state index contributed by atoms with van der Waals surface area (Å²) in [5, 5.41) is 3.62. The van der Waals surface area contributed by atoms with Crippen molar-refractivity contribution < 1.29 is 14.3 Å². The van der Waals surface area contributed by atoms with Gasteiger partial charge in [-0.1, -0.05) is 6.92 Å². The Balaban J connectivity index is 2.28. The highest BCUT2D eigenvalue weighted by Gasteiger charge is 2.31. The van der Waals surface area contributed by atoms with Crippen molar-refractivity contribution in [3.05, 3.63) is 0 Å². The van der Waals surface area contributed by atoms with Gasteiger partial charge in [-0.15, -0.1) is 0 Å². The van der Waals surface area contributed by atoms with Crippen molar-refractivity contribution in [2.45, 2.75) is 84.5 Å². The van der Waals surface area contributed by atoms with Gasteiger partial charge in [0.2, 0.25) is 0 Å².